The Morgan fingerprint density at radius 1 is 1.10 bits per heavy atom. The van der Waals surface area contributed by atoms with Crippen LogP contribution in [0.2, 0.25) is 0 Å². The number of hydrogen-bond donors (Lipinski definition) is 1. The Balaban J connectivity index is 1.91. The van der Waals surface area contributed by atoms with Crippen molar-refractivity contribution in [3.8, 4) is 0 Å². The summed E-state index contributed by atoms with van der Waals surface area (Å²) in [5.41, 5.74) is 2.92. The molecule has 20 heavy (non-hydrogen) atoms. The van der Waals surface area contributed by atoms with Crippen LogP contribution in [0.4, 0.5) is 0 Å². The molecule has 2 aromatic carbocycles. The van der Waals surface area contributed by atoms with Crippen LogP contribution in [0, 0.1) is 0 Å². The van der Waals surface area contributed by atoms with Crippen LogP contribution in [0.1, 0.15) is 36.4 Å². The van der Waals surface area contributed by atoms with Crippen molar-refractivity contribution in [3.63, 3.8) is 0 Å². The Hall–Kier alpha value is -1.25. The van der Waals surface area contributed by atoms with Crippen molar-refractivity contribution in [2.24, 2.45) is 0 Å². The van der Waals surface area contributed by atoms with Crippen molar-refractivity contribution in [2.75, 3.05) is 12.3 Å². The van der Waals surface area contributed by atoms with E-state index in [2.05, 4.69) is 66.8 Å². The van der Waals surface area contributed by atoms with Gasteiger partial charge >= 0.3 is 0 Å². The SMILES string of the molecule is CCCNC(c1ccccc1)C1CSc2ccccc21. The molecule has 1 nitrogen and oxygen atoms in total. The summed E-state index contributed by atoms with van der Waals surface area (Å²) in [4.78, 5) is 1.46. The van der Waals surface area contributed by atoms with Crippen molar-refractivity contribution in [3.05, 3.63) is 65.7 Å². The topological polar surface area (TPSA) is 12.0 Å². The monoisotopic (exact) mass is 283 g/mol. The van der Waals surface area contributed by atoms with Crippen molar-refractivity contribution < 1.29 is 0 Å². The molecule has 0 fully saturated rings. The van der Waals surface area contributed by atoms with Gasteiger partial charge in [-0.3, -0.25) is 0 Å². The van der Waals surface area contributed by atoms with Crippen molar-refractivity contribution in [2.45, 2.75) is 30.2 Å². The molecule has 1 heterocycles. The standard InChI is InChI=1S/C18H21NS/c1-2-12-19-18(14-8-4-3-5-9-14)16-13-20-17-11-7-6-10-15(16)17/h3-11,16,18-19H,2,12-13H2,1H3. The van der Waals surface area contributed by atoms with E-state index in [4.69, 9.17) is 0 Å². The van der Waals surface area contributed by atoms with E-state index in [1.54, 1.807) is 0 Å². The van der Waals surface area contributed by atoms with Gasteiger partial charge in [0.1, 0.15) is 0 Å². The zero-order chi connectivity index (χ0) is 13.8. The summed E-state index contributed by atoms with van der Waals surface area (Å²) < 4.78 is 0. The molecule has 2 heteroatoms. The average Bonchev–Trinajstić information content (AvgIpc) is 2.93. The van der Waals surface area contributed by atoms with Gasteiger partial charge in [-0.25, -0.2) is 0 Å². The highest BCUT2D eigenvalue weighted by Crippen LogP contribution is 2.45. The second-order valence-corrected chi connectivity index (χ2v) is 6.36. The fourth-order valence-electron chi connectivity index (χ4n) is 2.92. The minimum Gasteiger partial charge on any atom is -0.309 e. The number of hydrogen-bond acceptors (Lipinski definition) is 2. The van der Waals surface area contributed by atoms with E-state index in [9.17, 15) is 0 Å². The predicted octanol–water partition coefficient (Wildman–Crippen LogP) is 4.62. The Kier molecular flexibility index (Phi) is 4.44. The maximum atomic E-state index is 3.76. The summed E-state index contributed by atoms with van der Waals surface area (Å²) in [5.74, 6) is 1.75. The van der Waals surface area contributed by atoms with Gasteiger partial charge in [0.25, 0.3) is 0 Å². The van der Waals surface area contributed by atoms with Crippen LogP contribution in [0.3, 0.4) is 0 Å². The minimum atomic E-state index is 0.423. The van der Waals surface area contributed by atoms with E-state index in [-0.39, 0.29) is 0 Å². The highest BCUT2D eigenvalue weighted by molar-refractivity contribution is 7.99. The number of fused-ring (bicyclic) bond motifs is 1. The first-order valence-corrected chi connectivity index (χ1v) is 8.38. The maximum Gasteiger partial charge on any atom is 0.0398 e. The second kappa shape index (κ2) is 6.47. The molecule has 0 radical (unpaired) electrons. The fraction of sp³-hybridized carbons (Fsp3) is 0.333. The minimum absolute atomic E-state index is 0.423. The van der Waals surface area contributed by atoms with Gasteiger partial charge in [-0.2, -0.15) is 0 Å². The van der Waals surface area contributed by atoms with Gasteiger partial charge in [-0.05, 0) is 30.2 Å². The van der Waals surface area contributed by atoms with Crippen LogP contribution in [-0.2, 0) is 0 Å². The van der Waals surface area contributed by atoms with Gasteiger partial charge in [0.2, 0.25) is 0 Å². The summed E-state index contributed by atoms with van der Waals surface area (Å²) in [6.45, 7) is 3.30. The molecule has 1 aliphatic heterocycles. The highest BCUT2D eigenvalue weighted by atomic mass is 32.2. The normalized spacial score (nSPS) is 18.8. The molecule has 2 unspecified atom stereocenters. The summed E-state index contributed by atoms with van der Waals surface area (Å²) >= 11 is 1.99. The average molecular weight is 283 g/mol. The van der Waals surface area contributed by atoms with Crippen LogP contribution in [0.25, 0.3) is 0 Å². The van der Waals surface area contributed by atoms with Crippen LogP contribution >= 0.6 is 11.8 Å². The van der Waals surface area contributed by atoms with E-state index in [0.29, 0.717) is 12.0 Å². The van der Waals surface area contributed by atoms with Gasteiger partial charge in [-0.1, -0.05) is 55.5 Å². The van der Waals surface area contributed by atoms with E-state index in [1.807, 2.05) is 11.8 Å². The molecule has 1 aliphatic rings. The zero-order valence-corrected chi connectivity index (χ0v) is 12.7. The van der Waals surface area contributed by atoms with E-state index >= 15 is 0 Å². The lowest BCUT2D eigenvalue weighted by Gasteiger charge is -2.25. The second-order valence-electron chi connectivity index (χ2n) is 5.30. The van der Waals surface area contributed by atoms with Crippen molar-refractivity contribution in [1.29, 1.82) is 0 Å². The molecule has 0 saturated heterocycles. The van der Waals surface area contributed by atoms with Crippen LogP contribution in [-0.4, -0.2) is 12.3 Å². The molecule has 0 aliphatic carbocycles. The summed E-state index contributed by atoms with van der Waals surface area (Å²) in [6, 6.07) is 20.2. The molecule has 2 atom stereocenters. The van der Waals surface area contributed by atoms with Crippen LogP contribution < -0.4 is 5.32 Å². The first kappa shape index (κ1) is 13.7. The molecule has 0 saturated carbocycles. The van der Waals surface area contributed by atoms with Crippen LogP contribution in [0.15, 0.2) is 59.5 Å². The lowest BCUT2D eigenvalue weighted by Crippen LogP contribution is -2.28. The lowest BCUT2D eigenvalue weighted by atomic mass is 9.88. The van der Waals surface area contributed by atoms with Crippen LogP contribution in [0.5, 0.6) is 0 Å². The smallest absolute Gasteiger partial charge is 0.0398 e. The Labute approximate surface area is 125 Å². The molecule has 2 aromatic rings. The lowest BCUT2D eigenvalue weighted by molar-refractivity contribution is 0.471. The van der Waals surface area contributed by atoms with Gasteiger partial charge in [0, 0.05) is 22.6 Å². The molecule has 0 spiro atoms. The Morgan fingerprint density at radius 3 is 2.65 bits per heavy atom. The molecule has 0 bridgehead atoms. The quantitative estimate of drug-likeness (QED) is 0.859. The van der Waals surface area contributed by atoms with Crippen molar-refractivity contribution in [1.82, 2.24) is 5.32 Å². The first-order chi connectivity index (χ1) is 9.90. The van der Waals surface area contributed by atoms with Gasteiger partial charge in [-0.15, -0.1) is 11.8 Å². The molecule has 104 valence electrons. The summed E-state index contributed by atoms with van der Waals surface area (Å²) in [7, 11) is 0. The molecular weight excluding hydrogens is 262 g/mol. The molecule has 3 rings (SSSR count). The van der Waals surface area contributed by atoms with Crippen molar-refractivity contribution >= 4 is 11.8 Å². The third kappa shape index (κ3) is 2.77. The summed E-state index contributed by atoms with van der Waals surface area (Å²) in [5, 5.41) is 3.76. The number of nitrogens with one attached hydrogen (secondary N) is 1. The number of thioether (sulfide) groups is 1. The predicted molar refractivity (Wildman–Crippen MR) is 87.4 cm³/mol. The highest BCUT2D eigenvalue weighted by Gasteiger charge is 2.30. The Bertz CT molecular complexity index is 552. The third-order valence-corrected chi connectivity index (χ3v) is 5.12. The van der Waals surface area contributed by atoms with Gasteiger partial charge in [0.15, 0.2) is 0 Å². The third-order valence-electron chi connectivity index (χ3n) is 3.91. The molecular formula is C18H21NS. The van der Waals surface area contributed by atoms with E-state index in [0.717, 1.165) is 6.54 Å². The zero-order valence-electron chi connectivity index (χ0n) is 11.9. The largest absolute Gasteiger partial charge is 0.309 e. The van der Waals surface area contributed by atoms with Gasteiger partial charge in [0.05, 0.1) is 0 Å². The number of rotatable bonds is 5. The summed E-state index contributed by atoms with van der Waals surface area (Å²) in [6.07, 6.45) is 1.17. The maximum absolute atomic E-state index is 3.76. The number of benzene rings is 2. The molecule has 0 aromatic heterocycles. The Morgan fingerprint density at radius 2 is 1.85 bits per heavy atom. The fourth-order valence-corrected chi connectivity index (χ4v) is 4.21. The first-order valence-electron chi connectivity index (χ1n) is 7.40. The molecule has 1 N–H and O–H groups in total. The molecule has 0 amide bonds. The van der Waals surface area contributed by atoms with E-state index < -0.39 is 0 Å². The van der Waals surface area contributed by atoms with E-state index in [1.165, 1.54) is 28.2 Å². The van der Waals surface area contributed by atoms with Gasteiger partial charge < -0.3 is 5.32 Å².